The Morgan fingerprint density at radius 3 is 2.83 bits per heavy atom. The van der Waals surface area contributed by atoms with Gasteiger partial charge in [0.2, 0.25) is 0 Å². The van der Waals surface area contributed by atoms with Crippen LogP contribution in [0.25, 0.3) is 0 Å². The van der Waals surface area contributed by atoms with E-state index in [1.165, 1.54) is 0 Å². The molecular formula is C9H10O3. The van der Waals surface area contributed by atoms with Crippen molar-refractivity contribution in [1.29, 1.82) is 0 Å². The molecule has 2 aliphatic rings. The topological polar surface area (TPSA) is 43.4 Å². The highest BCUT2D eigenvalue weighted by Crippen LogP contribution is 2.36. The largest absolute Gasteiger partial charge is 0.392 e. The summed E-state index contributed by atoms with van der Waals surface area (Å²) in [5, 5.41) is 0. The van der Waals surface area contributed by atoms with Crippen LogP contribution in [-0.2, 0) is 14.3 Å². The Morgan fingerprint density at radius 2 is 2.17 bits per heavy atom. The smallest absolute Gasteiger partial charge is 0.321 e. The van der Waals surface area contributed by atoms with Crippen molar-refractivity contribution < 1.29 is 14.3 Å². The number of hydrogen-bond donors (Lipinski definition) is 0. The van der Waals surface area contributed by atoms with E-state index >= 15 is 0 Å². The summed E-state index contributed by atoms with van der Waals surface area (Å²) in [6, 6.07) is 0. The lowest BCUT2D eigenvalue weighted by Gasteiger charge is -2.20. The standard InChI is InChI=1S/C9H10O3/c1-5-3-2-4-6-7(5)9(11)12-8(6)10/h2,4-7H,3H2,1H3/t5-,6+,7-/m1/s1. The van der Waals surface area contributed by atoms with Crippen LogP contribution in [0, 0.1) is 17.8 Å². The number of esters is 2. The molecule has 1 fully saturated rings. The van der Waals surface area contributed by atoms with E-state index in [0.29, 0.717) is 0 Å². The fraction of sp³-hybridized carbons (Fsp3) is 0.556. The number of fused-ring (bicyclic) bond motifs is 1. The van der Waals surface area contributed by atoms with Crippen LogP contribution >= 0.6 is 0 Å². The zero-order chi connectivity index (χ0) is 8.72. The molecule has 0 N–H and O–H groups in total. The number of allylic oxidation sites excluding steroid dienone is 1. The molecule has 0 aromatic heterocycles. The second kappa shape index (κ2) is 2.44. The van der Waals surface area contributed by atoms with E-state index in [2.05, 4.69) is 4.74 Å². The van der Waals surface area contributed by atoms with Crippen molar-refractivity contribution in [2.24, 2.45) is 17.8 Å². The quantitative estimate of drug-likeness (QED) is 0.305. The lowest BCUT2D eigenvalue weighted by molar-refractivity contribution is -0.153. The highest BCUT2D eigenvalue weighted by atomic mass is 16.6. The summed E-state index contributed by atoms with van der Waals surface area (Å²) in [4.78, 5) is 22.2. The molecular weight excluding hydrogens is 156 g/mol. The number of hydrogen-bond acceptors (Lipinski definition) is 3. The highest BCUT2D eigenvalue weighted by molar-refractivity contribution is 5.97. The van der Waals surface area contributed by atoms with Crippen LogP contribution in [0.2, 0.25) is 0 Å². The van der Waals surface area contributed by atoms with E-state index in [9.17, 15) is 9.59 Å². The van der Waals surface area contributed by atoms with Gasteiger partial charge in [-0.3, -0.25) is 9.59 Å². The molecule has 0 bridgehead atoms. The van der Waals surface area contributed by atoms with Crippen LogP contribution in [0.3, 0.4) is 0 Å². The van der Waals surface area contributed by atoms with Crippen LogP contribution in [-0.4, -0.2) is 11.9 Å². The number of rotatable bonds is 0. The molecule has 64 valence electrons. The van der Waals surface area contributed by atoms with Crippen molar-refractivity contribution in [2.75, 3.05) is 0 Å². The minimum Gasteiger partial charge on any atom is -0.392 e. The Bertz CT molecular complexity index is 267. The number of carbonyl (C=O) groups excluding carboxylic acids is 2. The first-order chi connectivity index (χ1) is 5.70. The Morgan fingerprint density at radius 1 is 1.42 bits per heavy atom. The first-order valence-corrected chi connectivity index (χ1v) is 4.12. The maximum absolute atomic E-state index is 11.2. The molecule has 2 rings (SSSR count). The van der Waals surface area contributed by atoms with Crippen molar-refractivity contribution in [1.82, 2.24) is 0 Å². The normalized spacial score (nSPS) is 39.6. The third kappa shape index (κ3) is 0.891. The van der Waals surface area contributed by atoms with Gasteiger partial charge in [0.25, 0.3) is 0 Å². The lowest BCUT2D eigenvalue weighted by Crippen LogP contribution is -2.25. The van der Waals surface area contributed by atoms with Gasteiger partial charge in [0.05, 0.1) is 11.8 Å². The third-order valence-electron chi connectivity index (χ3n) is 2.60. The summed E-state index contributed by atoms with van der Waals surface area (Å²) in [6.45, 7) is 1.97. The van der Waals surface area contributed by atoms with Gasteiger partial charge in [-0.05, 0) is 12.3 Å². The monoisotopic (exact) mass is 166 g/mol. The van der Waals surface area contributed by atoms with Crippen LogP contribution in [0.1, 0.15) is 13.3 Å². The zero-order valence-corrected chi connectivity index (χ0v) is 6.82. The van der Waals surface area contributed by atoms with E-state index in [-0.39, 0.29) is 29.7 Å². The summed E-state index contributed by atoms with van der Waals surface area (Å²) >= 11 is 0. The molecule has 1 saturated heterocycles. The SMILES string of the molecule is C[C@@H]1CC=C[C@@H]2C(=O)OC(=O)[C@H]12. The average Bonchev–Trinajstić information content (AvgIpc) is 2.29. The van der Waals surface area contributed by atoms with E-state index in [1.807, 2.05) is 13.0 Å². The molecule has 0 unspecified atom stereocenters. The Labute approximate surface area is 70.4 Å². The lowest BCUT2D eigenvalue weighted by atomic mass is 9.78. The number of carbonyl (C=O) groups is 2. The molecule has 3 heteroatoms. The molecule has 0 saturated carbocycles. The number of ether oxygens (including phenoxy) is 1. The Balaban J connectivity index is 2.34. The van der Waals surface area contributed by atoms with Crippen molar-refractivity contribution in [3.8, 4) is 0 Å². The second-order valence-corrected chi connectivity index (χ2v) is 3.43. The van der Waals surface area contributed by atoms with E-state index < -0.39 is 0 Å². The van der Waals surface area contributed by atoms with Gasteiger partial charge in [-0.2, -0.15) is 0 Å². The van der Waals surface area contributed by atoms with Crippen molar-refractivity contribution in [3.05, 3.63) is 12.2 Å². The molecule has 1 aliphatic heterocycles. The average molecular weight is 166 g/mol. The Kier molecular flexibility index (Phi) is 1.53. The van der Waals surface area contributed by atoms with Crippen LogP contribution in [0.15, 0.2) is 12.2 Å². The molecule has 0 aromatic rings. The van der Waals surface area contributed by atoms with Crippen LogP contribution in [0.4, 0.5) is 0 Å². The highest BCUT2D eigenvalue weighted by Gasteiger charge is 2.46. The van der Waals surface area contributed by atoms with Crippen LogP contribution < -0.4 is 0 Å². The van der Waals surface area contributed by atoms with Crippen molar-refractivity contribution in [2.45, 2.75) is 13.3 Å². The summed E-state index contributed by atoms with van der Waals surface area (Å²) < 4.78 is 4.55. The van der Waals surface area contributed by atoms with E-state index in [1.54, 1.807) is 6.08 Å². The molecule has 1 aliphatic carbocycles. The number of cyclic esters (lactones) is 2. The summed E-state index contributed by atoms with van der Waals surface area (Å²) in [7, 11) is 0. The maximum Gasteiger partial charge on any atom is 0.321 e. The molecule has 0 spiro atoms. The molecule has 12 heavy (non-hydrogen) atoms. The summed E-state index contributed by atoms with van der Waals surface area (Å²) in [5.41, 5.74) is 0. The minimum atomic E-state index is -0.382. The van der Waals surface area contributed by atoms with Gasteiger partial charge in [-0.15, -0.1) is 0 Å². The zero-order valence-electron chi connectivity index (χ0n) is 6.82. The fourth-order valence-electron chi connectivity index (χ4n) is 1.90. The first-order valence-electron chi connectivity index (χ1n) is 4.12. The molecule has 3 atom stereocenters. The van der Waals surface area contributed by atoms with E-state index in [0.717, 1.165) is 6.42 Å². The van der Waals surface area contributed by atoms with Gasteiger partial charge in [-0.25, -0.2) is 0 Å². The van der Waals surface area contributed by atoms with Gasteiger partial charge < -0.3 is 4.74 Å². The third-order valence-corrected chi connectivity index (χ3v) is 2.60. The van der Waals surface area contributed by atoms with Gasteiger partial charge in [0.15, 0.2) is 0 Å². The fourth-order valence-corrected chi connectivity index (χ4v) is 1.90. The molecule has 0 radical (unpaired) electrons. The first kappa shape index (κ1) is 7.53. The van der Waals surface area contributed by atoms with Gasteiger partial charge >= 0.3 is 11.9 Å². The van der Waals surface area contributed by atoms with Crippen LogP contribution in [0.5, 0.6) is 0 Å². The predicted octanol–water partition coefficient (Wildman–Crippen LogP) is 0.898. The summed E-state index contributed by atoms with van der Waals surface area (Å²) in [6.07, 6.45) is 4.60. The molecule has 3 nitrogen and oxygen atoms in total. The molecule has 1 heterocycles. The van der Waals surface area contributed by atoms with Gasteiger partial charge in [0, 0.05) is 0 Å². The minimum absolute atomic E-state index is 0.220. The molecule has 0 amide bonds. The van der Waals surface area contributed by atoms with Crippen molar-refractivity contribution >= 4 is 11.9 Å². The van der Waals surface area contributed by atoms with E-state index in [4.69, 9.17) is 0 Å². The molecule has 0 aromatic carbocycles. The second-order valence-electron chi connectivity index (χ2n) is 3.43. The van der Waals surface area contributed by atoms with Crippen molar-refractivity contribution in [3.63, 3.8) is 0 Å². The summed E-state index contributed by atoms with van der Waals surface area (Å²) in [5.74, 6) is -1.02. The Hall–Kier alpha value is -1.12. The maximum atomic E-state index is 11.2. The predicted molar refractivity (Wildman–Crippen MR) is 41.0 cm³/mol. The van der Waals surface area contributed by atoms with Gasteiger partial charge in [-0.1, -0.05) is 19.1 Å². The van der Waals surface area contributed by atoms with Gasteiger partial charge in [0.1, 0.15) is 0 Å².